The van der Waals surface area contributed by atoms with Crippen molar-refractivity contribution >= 4 is 97.8 Å². The summed E-state index contributed by atoms with van der Waals surface area (Å²) in [4.78, 5) is -1.11. The first kappa shape index (κ1) is 80.8. The Labute approximate surface area is 718 Å². The van der Waals surface area contributed by atoms with Crippen LogP contribution in [0.25, 0.3) is 44.6 Å². The van der Waals surface area contributed by atoms with Gasteiger partial charge in [-0.05, 0) is 114 Å². The second-order valence-corrected chi connectivity index (χ2v) is 35.4. The predicted molar refractivity (Wildman–Crippen MR) is 414 cm³/mol. The molecule has 2 spiro atoms. The minimum absolute atomic E-state index is 0.364. The molecule has 17 nitrogen and oxygen atoms in total. The normalized spacial score (nSPS) is 17.9. The maximum atomic E-state index is 16.2. The summed E-state index contributed by atoms with van der Waals surface area (Å²) in [5.74, 6) is -56.3. The topological polar surface area (TPSA) is 203 Å². The fourth-order valence-corrected chi connectivity index (χ4v) is 21.4. The zero-order valence-electron chi connectivity index (χ0n) is 64.5. The van der Waals surface area contributed by atoms with Gasteiger partial charge in [-0.2, -0.15) is 18.3 Å². The molecule has 8 aromatic carbocycles. The number of nitrogens with zero attached hydrogens (tertiary/aromatic N) is 8. The summed E-state index contributed by atoms with van der Waals surface area (Å²) in [6, 6.07) is 36.9. The molecular formula is C91H35F20N8O9S3+. The SMILES string of the molecule is Cc1ccc(C2=c3ccc4n3C35n6c(ccc6C(c6ccc(S(=O)(=O)[O-])cc6)=C6C=CC(=[N+]63)C=4c3ccc(S(=O)(=O)[O-])cc3)C(c3ccc(S(=O)(=O)[O-])cc3)=C3C=CC2=[N+]35)cc1.Fc1c(F)c(F)c(C2=C3C=CC4=[N+]3C35n6c2ccc6C(c2c(F)c(F)c(F)c(F)c2F)=C2C=CC(=[N+]23)C(c2c(F)c(F)c(F)c(F)c2F)=c2ccc(n25)=C4c2c(F)c(F)c(F)c(F)c2F)c(F)c1F. The molecule has 12 aliphatic heterocycles. The number of hydrogen-bond acceptors (Lipinski definition) is 9. The van der Waals surface area contributed by atoms with Gasteiger partial charge in [0.2, 0.25) is 68.9 Å². The molecule has 1 unspecified atom stereocenters. The molecule has 0 saturated carbocycles. The highest BCUT2D eigenvalue weighted by Gasteiger charge is 2.76. The highest BCUT2D eigenvalue weighted by atomic mass is 32.2. The van der Waals surface area contributed by atoms with Crippen LogP contribution in [0.1, 0.15) is 72.8 Å². The molecule has 650 valence electrons. The van der Waals surface area contributed by atoms with E-state index in [0.717, 1.165) is 121 Å². The molecule has 0 N–H and O–H groups in total. The van der Waals surface area contributed by atoms with Crippen LogP contribution in [0.4, 0.5) is 87.8 Å². The minimum Gasteiger partial charge on any atom is -0.744 e. The van der Waals surface area contributed by atoms with Crippen LogP contribution in [0.15, 0.2) is 232 Å². The quantitative estimate of drug-likeness (QED) is 0.0397. The van der Waals surface area contributed by atoms with Crippen LogP contribution in [0, 0.1) is 123 Å². The van der Waals surface area contributed by atoms with Crippen LogP contribution in [-0.2, 0) is 42.2 Å². The Morgan fingerprint density at radius 1 is 0.229 bits per heavy atom. The molecule has 0 saturated heterocycles. The first-order valence-electron chi connectivity index (χ1n) is 38.3. The number of allylic oxidation sites excluding steroid dienone is 8. The lowest BCUT2D eigenvalue weighted by Gasteiger charge is -2.41. The number of halogens is 20. The summed E-state index contributed by atoms with van der Waals surface area (Å²) in [6.45, 7) is 2.02. The number of hydrogen-bond donors (Lipinski definition) is 0. The van der Waals surface area contributed by atoms with Gasteiger partial charge in [0.15, 0.2) is 93.1 Å². The molecule has 0 amide bonds. The van der Waals surface area contributed by atoms with Crippen LogP contribution in [0.3, 0.4) is 0 Å². The van der Waals surface area contributed by atoms with Gasteiger partial charge in [0.05, 0.1) is 126 Å². The van der Waals surface area contributed by atoms with Gasteiger partial charge in [0, 0.05) is 48.6 Å². The van der Waals surface area contributed by atoms with Crippen molar-refractivity contribution in [2.24, 2.45) is 0 Å². The molecule has 0 bridgehead atoms. The Bertz CT molecular complexity index is 8520. The molecule has 0 radical (unpaired) electrons. The monoisotopic (exact) mass is 1860 g/mol. The van der Waals surface area contributed by atoms with Gasteiger partial charge in [0.1, 0.15) is 30.4 Å². The van der Waals surface area contributed by atoms with E-state index in [1.165, 1.54) is 36.4 Å². The zero-order valence-corrected chi connectivity index (χ0v) is 67.0. The molecular weight excluding hydrogens is 1830 g/mol. The van der Waals surface area contributed by atoms with Gasteiger partial charge in [-0.25, -0.2) is 113 Å². The standard InChI is InChI=1S/C46H28N4O9S3.C45H8F20N4/c1-26-2-4-27(5-3-26)42-34-18-20-36-43(28-6-12-31(13-7-28)60(51,52)53)38-22-24-40-45(30-10-16-33(17-11-30)62(57,58)59)41-25-23-39-44(29-8-14-32(15-9-29)61(54,55)56)37-21-19-35(42)48(37)46(47(34)36,49(38)40)50(39)41;46-25-21(26(47)34(55)41(62)33(25)54)17-9-1-2-10-18(22-27(48)35(56)42(63)36(57)28(22)49)12-5-6-14-20(24-31(52)39(60)44(65)40(61)32(24)53)16-8-7-15-19(23-29(50)37(58)43(64)38(59)30(23)51)13-4-3-11(17)67(13)45(66(9)10,68(12)14)69(15)16/h2-25H,1H3,(H-2,51,52,53,54,55,56,57,58,59);1-8H/q;+2/p-1. The van der Waals surface area contributed by atoms with Crippen molar-refractivity contribution in [3.63, 3.8) is 0 Å². The summed E-state index contributed by atoms with van der Waals surface area (Å²) in [7, 11) is -14.2. The largest absolute Gasteiger partial charge is 0.744 e. The van der Waals surface area contributed by atoms with Crippen LogP contribution < -0.4 is 21.4 Å². The Hall–Kier alpha value is -14.7. The second-order valence-electron chi connectivity index (χ2n) is 31.3. The van der Waals surface area contributed by atoms with Gasteiger partial charge in [-0.1, -0.05) is 84.5 Å². The Morgan fingerprint density at radius 2 is 0.427 bits per heavy atom. The van der Waals surface area contributed by atoms with E-state index in [-0.39, 0.29) is 14.7 Å². The third kappa shape index (κ3) is 9.87. The van der Waals surface area contributed by atoms with E-state index in [1.54, 1.807) is 36.4 Å². The minimum atomic E-state index is -4.75. The smallest absolute Gasteiger partial charge is 0.553 e. The van der Waals surface area contributed by atoms with Crippen molar-refractivity contribution in [1.82, 2.24) is 18.3 Å². The van der Waals surface area contributed by atoms with E-state index in [1.807, 2.05) is 43.4 Å². The molecule has 16 heterocycles. The third-order valence-corrected chi connectivity index (χ3v) is 27.6. The lowest BCUT2D eigenvalue weighted by molar-refractivity contribution is -0.834. The predicted octanol–water partition coefficient (Wildman–Crippen LogP) is 12.6. The molecule has 40 heteroatoms. The second kappa shape index (κ2) is 26.3. The van der Waals surface area contributed by atoms with E-state index in [4.69, 9.17) is 0 Å². The van der Waals surface area contributed by atoms with Crippen LogP contribution in [-0.4, -0.2) is 98.3 Å². The molecule has 1 atom stereocenters. The van der Waals surface area contributed by atoms with E-state index in [0.29, 0.717) is 40.5 Å². The van der Waals surface area contributed by atoms with E-state index in [9.17, 15) is 56.5 Å². The van der Waals surface area contributed by atoms with Gasteiger partial charge >= 0.3 is 11.8 Å². The van der Waals surface area contributed by atoms with Crippen molar-refractivity contribution in [2.45, 2.75) is 33.4 Å². The molecule has 0 aliphatic carbocycles. The summed E-state index contributed by atoms with van der Waals surface area (Å²) in [5, 5.41) is 0.0244. The van der Waals surface area contributed by atoms with Crippen molar-refractivity contribution in [2.75, 3.05) is 0 Å². The number of rotatable bonds is 11. The van der Waals surface area contributed by atoms with Gasteiger partial charge in [0.25, 0.3) is 0 Å². The summed E-state index contributed by atoms with van der Waals surface area (Å²) >= 11 is 0. The van der Waals surface area contributed by atoms with Crippen molar-refractivity contribution < 1.29 is 145 Å². The van der Waals surface area contributed by atoms with E-state index in [2.05, 4.69) is 54.7 Å². The first-order valence-corrected chi connectivity index (χ1v) is 42.6. The summed E-state index contributed by atoms with van der Waals surface area (Å²) in [5.41, 5.74) is -5.03. The lowest BCUT2D eigenvalue weighted by Crippen LogP contribution is -2.71. The maximum Gasteiger partial charge on any atom is 0.553 e. The number of aromatic nitrogens is 4. The van der Waals surface area contributed by atoms with Crippen LogP contribution in [0.2, 0.25) is 0 Å². The molecule has 12 aromatic rings. The van der Waals surface area contributed by atoms with Gasteiger partial charge in [-0.3, -0.25) is 0 Å². The van der Waals surface area contributed by atoms with E-state index < -0.39 is 248 Å². The molecule has 131 heavy (non-hydrogen) atoms. The average Bonchev–Trinajstić information content (AvgIpc) is 1.49. The summed E-state index contributed by atoms with van der Waals surface area (Å²) in [6.07, 6.45) is 11.2. The number of benzene rings is 8. The fraction of sp³-hybridized carbons (Fsp3) is 0.0330. The van der Waals surface area contributed by atoms with Gasteiger partial charge < -0.3 is 13.7 Å². The molecule has 0 fully saturated rings. The summed E-state index contributed by atoms with van der Waals surface area (Å²) < 4.78 is 430. The van der Waals surface area contributed by atoms with Crippen molar-refractivity contribution in [3.8, 4) is 0 Å². The third-order valence-electron chi connectivity index (χ3n) is 25.0. The van der Waals surface area contributed by atoms with Crippen molar-refractivity contribution in [3.05, 3.63) is 428 Å². The molecule has 4 aromatic heterocycles. The molecule has 12 aliphatic rings. The van der Waals surface area contributed by atoms with Crippen molar-refractivity contribution in [1.29, 1.82) is 0 Å². The highest BCUT2D eigenvalue weighted by molar-refractivity contribution is 7.86. The Kier molecular flexibility index (Phi) is 16.2. The Balaban J connectivity index is 0.000000150. The maximum absolute atomic E-state index is 16.2. The van der Waals surface area contributed by atoms with Crippen LogP contribution >= 0.6 is 0 Å². The Morgan fingerprint density at radius 3 is 0.679 bits per heavy atom. The zero-order chi connectivity index (χ0) is 92.1. The lowest BCUT2D eigenvalue weighted by atomic mass is 9.91. The van der Waals surface area contributed by atoms with E-state index >= 15 is 70.2 Å². The van der Waals surface area contributed by atoms with Gasteiger partial charge in [-0.15, -0.1) is 0 Å². The number of aryl methyl sites for hydroxylation is 1. The fourth-order valence-electron chi connectivity index (χ4n) is 20.0. The molecule has 24 rings (SSSR count). The first-order chi connectivity index (χ1) is 62.2. The highest BCUT2D eigenvalue weighted by Crippen LogP contribution is 2.58. The van der Waals surface area contributed by atoms with Crippen LogP contribution in [0.5, 0.6) is 0 Å². The average molecular weight is 1860 g/mol.